The van der Waals surface area contributed by atoms with Gasteiger partial charge in [-0.15, -0.1) is 0 Å². The highest BCUT2D eigenvalue weighted by atomic mass is 32.2. The number of nitrogens with zero attached hydrogens (tertiary/aromatic N) is 5. The van der Waals surface area contributed by atoms with E-state index in [0.29, 0.717) is 35.4 Å². The highest BCUT2D eigenvalue weighted by Gasteiger charge is 2.62. The van der Waals surface area contributed by atoms with Gasteiger partial charge in [-0.1, -0.05) is 152 Å². The zero-order chi connectivity index (χ0) is 44.0. The molecule has 5 nitrogen and oxygen atoms in total. The number of piperidine rings is 1. The lowest BCUT2D eigenvalue weighted by atomic mass is 9.50. The van der Waals surface area contributed by atoms with E-state index in [1.165, 1.54) is 75.0 Å². The van der Waals surface area contributed by atoms with E-state index in [0.717, 1.165) is 74.5 Å². The van der Waals surface area contributed by atoms with Crippen LogP contribution in [0.5, 0.6) is 0 Å². The van der Waals surface area contributed by atoms with Crippen molar-refractivity contribution in [1.82, 2.24) is 24.4 Å². The Morgan fingerprint density at radius 1 is 0.448 bits per heavy atom. The number of benzene rings is 6. The lowest BCUT2D eigenvalue weighted by Crippen LogP contribution is -2.72. The molecule has 4 heterocycles. The summed E-state index contributed by atoms with van der Waals surface area (Å²) in [7, 11) is 0. The maximum Gasteiger partial charge on any atom is 0.238 e. The van der Waals surface area contributed by atoms with Crippen LogP contribution in [0.1, 0.15) is 98.7 Å². The summed E-state index contributed by atoms with van der Waals surface area (Å²) in [5.74, 6) is 7.07. The molecule has 0 N–H and O–H groups in total. The Morgan fingerprint density at radius 2 is 1.06 bits per heavy atom. The van der Waals surface area contributed by atoms with E-state index in [9.17, 15) is 0 Å². The summed E-state index contributed by atoms with van der Waals surface area (Å²) < 4.78 is 2.30. The van der Waals surface area contributed by atoms with Gasteiger partial charge in [-0.3, -0.25) is 9.47 Å². The van der Waals surface area contributed by atoms with Crippen molar-refractivity contribution in [2.75, 3.05) is 0 Å². The first-order valence-corrected chi connectivity index (χ1v) is 26.6. The normalized spacial score (nSPS) is 31.2. The highest BCUT2D eigenvalue weighted by Crippen LogP contribution is 2.64. The smallest absolute Gasteiger partial charge is 0.238 e. The average molecular weight is 894 g/mol. The highest BCUT2D eigenvalue weighted by molar-refractivity contribution is 8.00. The van der Waals surface area contributed by atoms with Crippen LogP contribution in [0.25, 0.3) is 50.5 Å². The predicted octanol–water partition coefficient (Wildman–Crippen LogP) is 14.3. The van der Waals surface area contributed by atoms with Gasteiger partial charge in [-0.05, 0) is 134 Å². The Kier molecular flexibility index (Phi) is 10.0. The number of para-hydroxylation sites is 1. The molecule has 6 aliphatic rings. The van der Waals surface area contributed by atoms with E-state index in [1.807, 2.05) is 12.1 Å². The van der Waals surface area contributed by atoms with Crippen molar-refractivity contribution in [2.45, 2.75) is 111 Å². The molecule has 0 amide bonds. The molecule has 6 fully saturated rings. The van der Waals surface area contributed by atoms with Gasteiger partial charge in [-0.25, -0.2) is 4.98 Å². The molecule has 8 aromatic rings. The third-order valence-electron chi connectivity index (χ3n) is 18.0. The van der Waals surface area contributed by atoms with E-state index in [1.54, 1.807) is 16.7 Å². The standard InChI is InChI=1S/C61H59N5S/c1-5-16-38(17-6-1)42-28-32-53-55(36-42)67-56-37-44(39-18-7-2-8-19-39)35-50-48-26-15-25-47-45(30-33-54(57(47)48)65(53)58(50)56)43-29-31-52-49(34-43)46-24-13-14-27-51(46)66(52)61-63-59(40-20-9-3-10-21-40)62-60(64-61)41-22-11-4-12-23-41/h1-14,16-24,27,29,31,34,42,44-45,47-48,50,53-58H,15,25-26,28,30,32-33,35-37H2. The van der Waals surface area contributed by atoms with Gasteiger partial charge in [0.2, 0.25) is 5.95 Å². The fraction of sp³-hybridized carbons (Fsp3) is 0.361. The van der Waals surface area contributed by atoms with Gasteiger partial charge < -0.3 is 0 Å². The van der Waals surface area contributed by atoms with Gasteiger partial charge in [0.15, 0.2) is 11.6 Å². The lowest BCUT2D eigenvalue weighted by Gasteiger charge is -2.69. The number of hydrogen-bond donors (Lipinski definition) is 0. The zero-order valence-electron chi connectivity index (χ0n) is 38.2. The Bertz CT molecular complexity index is 3010. The maximum atomic E-state index is 5.24. The minimum atomic E-state index is 0.576. The van der Waals surface area contributed by atoms with Crippen LogP contribution in [0.2, 0.25) is 0 Å². The molecule has 0 bridgehead atoms. The van der Waals surface area contributed by atoms with Gasteiger partial charge in [0, 0.05) is 50.5 Å². The Hall–Kier alpha value is -5.56. The Morgan fingerprint density at radius 3 is 1.79 bits per heavy atom. The van der Waals surface area contributed by atoms with Crippen LogP contribution in [0.4, 0.5) is 0 Å². The second-order valence-electron chi connectivity index (χ2n) is 21.1. The molecule has 334 valence electrons. The topological polar surface area (TPSA) is 46.8 Å². The first-order valence-electron chi connectivity index (χ1n) is 25.6. The van der Waals surface area contributed by atoms with Crippen LogP contribution in [0, 0.1) is 23.7 Å². The molecule has 4 saturated carbocycles. The number of rotatable bonds is 6. The van der Waals surface area contributed by atoms with Gasteiger partial charge in [0.1, 0.15) is 0 Å². The third kappa shape index (κ3) is 6.78. The van der Waals surface area contributed by atoms with Crippen LogP contribution >= 0.6 is 11.8 Å². The van der Waals surface area contributed by atoms with E-state index in [-0.39, 0.29) is 0 Å². The minimum Gasteiger partial charge on any atom is -0.292 e. The van der Waals surface area contributed by atoms with Crippen LogP contribution < -0.4 is 0 Å². The molecular weight excluding hydrogens is 835 g/mol. The van der Waals surface area contributed by atoms with E-state index in [4.69, 9.17) is 15.0 Å². The fourth-order valence-electron chi connectivity index (χ4n) is 15.5. The van der Waals surface area contributed by atoms with Crippen molar-refractivity contribution in [3.8, 4) is 28.7 Å². The second-order valence-corrected chi connectivity index (χ2v) is 22.6. The molecule has 2 aromatic heterocycles. The SMILES string of the molecule is c1ccc(-c2nc(-c3ccccc3)nc(-n3c4ccccc4c4cc(C5CCC6C7C5CCCC7C5CC(c7ccccc7)CC7SC8CC(c9ccccc9)CCC8N6C75)ccc43)n2)cc1. The lowest BCUT2D eigenvalue weighted by molar-refractivity contribution is -0.145. The van der Waals surface area contributed by atoms with Crippen LogP contribution in [0.15, 0.2) is 164 Å². The van der Waals surface area contributed by atoms with E-state index in [2.05, 4.69) is 173 Å². The summed E-state index contributed by atoms with van der Waals surface area (Å²) in [6.45, 7) is 0. The summed E-state index contributed by atoms with van der Waals surface area (Å²) in [5.41, 5.74) is 8.98. The van der Waals surface area contributed by atoms with Gasteiger partial charge in [0.05, 0.1) is 11.0 Å². The summed E-state index contributed by atoms with van der Waals surface area (Å²) >= 11 is 2.47. The predicted molar refractivity (Wildman–Crippen MR) is 275 cm³/mol. The van der Waals surface area contributed by atoms with Gasteiger partial charge >= 0.3 is 0 Å². The van der Waals surface area contributed by atoms with Crippen molar-refractivity contribution in [3.05, 3.63) is 180 Å². The van der Waals surface area contributed by atoms with E-state index < -0.39 is 0 Å². The molecule has 12 unspecified atom stereocenters. The first-order chi connectivity index (χ1) is 33.2. The van der Waals surface area contributed by atoms with Gasteiger partial charge in [0.25, 0.3) is 0 Å². The number of fused-ring (bicyclic) bond motifs is 7. The monoisotopic (exact) mass is 893 g/mol. The van der Waals surface area contributed by atoms with Crippen molar-refractivity contribution in [2.24, 2.45) is 23.7 Å². The van der Waals surface area contributed by atoms with Crippen molar-refractivity contribution >= 4 is 33.6 Å². The molecule has 6 aromatic carbocycles. The second kappa shape index (κ2) is 16.6. The van der Waals surface area contributed by atoms with Crippen molar-refractivity contribution in [1.29, 1.82) is 0 Å². The molecule has 67 heavy (non-hydrogen) atoms. The summed E-state index contributed by atoms with van der Waals surface area (Å²) in [5, 5.41) is 4.03. The van der Waals surface area contributed by atoms with Crippen molar-refractivity contribution in [3.63, 3.8) is 0 Å². The average Bonchev–Trinajstić information content (AvgIpc) is 3.74. The van der Waals surface area contributed by atoms with Gasteiger partial charge in [-0.2, -0.15) is 21.7 Å². The molecule has 14 rings (SSSR count). The Balaban J connectivity index is 0.847. The molecular formula is C61H59N5S. The molecule has 2 aliphatic heterocycles. The van der Waals surface area contributed by atoms with Crippen LogP contribution in [0.3, 0.4) is 0 Å². The van der Waals surface area contributed by atoms with E-state index >= 15 is 0 Å². The molecule has 0 radical (unpaired) electrons. The third-order valence-corrected chi connectivity index (χ3v) is 19.7. The molecule has 6 heteroatoms. The summed E-state index contributed by atoms with van der Waals surface area (Å²) in [6.07, 6.45) is 13.6. The first kappa shape index (κ1) is 40.5. The van der Waals surface area contributed by atoms with Crippen molar-refractivity contribution < 1.29 is 0 Å². The van der Waals surface area contributed by atoms with Crippen LogP contribution in [-0.2, 0) is 0 Å². The Labute approximate surface area is 399 Å². The largest absolute Gasteiger partial charge is 0.292 e. The van der Waals surface area contributed by atoms with Crippen LogP contribution in [-0.4, -0.2) is 53.0 Å². The number of thioether (sulfide) groups is 1. The minimum absolute atomic E-state index is 0.576. The molecule has 2 saturated heterocycles. The maximum absolute atomic E-state index is 5.24. The quantitative estimate of drug-likeness (QED) is 0.166. The molecule has 12 atom stereocenters. The zero-order valence-corrected chi connectivity index (χ0v) is 39.0. The summed E-state index contributed by atoms with van der Waals surface area (Å²) in [4.78, 5) is 18.8. The number of aromatic nitrogens is 4. The summed E-state index contributed by atoms with van der Waals surface area (Å²) in [6, 6.07) is 62.6. The molecule has 4 aliphatic carbocycles. The fourth-order valence-corrected chi connectivity index (χ4v) is 17.6. The molecule has 0 spiro atoms. The number of hydrogen-bond acceptors (Lipinski definition) is 5.